The van der Waals surface area contributed by atoms with Crippen LogP contribution in [0.2, 0.25) is 0 Å². The van der Waals surface area contributed by atoms with Crippen LogP contribution in [0, 0.1) is 10.1 Å². The van der Waals surface area contributed by atoms with E-state index in [-0.39, 0.29) is 23.7 Å². The van der Waals surface area contributed by atoms with E-state index in [9.17, 15) is 10.1 Å². The zero-order valence-electron chi connectivity index (χ0n) is 11.2. The van der Waals surface area contributed by atoms with E-state index in [1.807, 2.05) is 0 Å². The quantitative estimate of drug-likeness (QED) is 0.427. The van der Waals surface area contributed by atoms with E-state index in [0.717, 1.165) is 5.56 Å². The van der Waals surface area contributed by atoms with Crippen LogP contribution < -0.4 is 16.0 Å². The number of para-hydroxylation sites is 1. The first-order chi connectivity index (χ1) is 10.2. The van der Waals surface area contributed by atoms with Crippen LogP contribution in [-0.4, -0.2) is 16.6 Å². The normalized spacial score (nSPS) is 10.2. The number of hydrogen-bond acceptors (Lipinski definition) is 6. The lowest BCUT2D eigenvalue weighted by atomic mass is 10.1. The lowest BCUT2D eigenvalue weighted by Gasteiger charge is -2.09. The lowest BCUT2D eigenvalue weighted by molar-refractivity contribution is -0.384. The fourth-order valence-corrected chi connectivity index (χ4v) is 1.89. The van der Waals surface area contributed by atoms with E-state index in [1.165, 1.54) is 12.1 Å². The van der Waals surface area contributed by atoms with Gasteiger partial charge in [-0.2, -0.15) is 0 Å². The SMILES string of the molecule is NNc1cccc(Oc2ccc(CCO)cc2)c1[N+](=O)[O-]. The second-order valence-corrected chi connectivity index (χ2v) is 4.27. The number of nitrogens with zero attached hydrogens (tertiary/aromatic N) is 1. The molecule has 2 aromatic rings. The molecule has 0 spiro atoms. The van der Waals surface area contributed by atoms with E-state index in [0.29, 0.717) is 12.2 Å². The van der Waals surface area contributed by atoms with Crippen molar-refractivity contribution in [2.45, 2.75) is 6.42 Å². The predicted molar refractivity (Wildman–Crippen MR) is 78.2 cm³/mol. The van der Waals surface area contributed by atoms with E-state index in [2.05, 4.69) is 5.43 Å². The zero-order valence-corrected chi connectivity index (χ0v) is 11.2. The highest BCUT2D eigenvalue weighted by molar-refractivity contribution is 5.68. The third-order valence-corrected chi connectivity index (χ3v) is 2.89. The van der Waals surface area contributed by atoms with Crippen molar-refractivity contribution in [2.75, 3.05) is 12.0 Å². The van der Waals surface area contributed by atoms with Gasteiger partial charge in [0.1, 0.15) is 11.4 Å². The van der Waals surface area contributed by atoms with Gasteiger partial charge in [0.05, 0.1) is 4.92 Å². The summed E-state index contributed by atoms with van der Waals surface area (Å²) in [6.45, 7) is 0.0654. The van der Waals surface area contributed by atoms with Crippen molar-refractivity contribution in [1.82, 2.24) is 0 Å². The number of aliphatic hydroxyl groups excluding tert-OH is 1. The number of nitrogen functional groups attached to an aromatic ring is 1. The second-order valence-electron chi connectivity index (χ2n) is 4.27. The van der Waals surface area contributed by atoms with Crippen LogP contribution in [0.5, 0.6) is 11.5 Å². The first-order valence-corrected chi connectivity index (χ1v) is 6.27. The smallest absolute Gasteiger partial charge is 0.335 e. The Bertz CT molecular complexity index is 629. The molecule has 0 aromatic heterocycles. The Kier molecular flexibility index (Phi) is 4.70. The number of benzene rings is 2. The average Bonchev–Trinajstić information content (AvgIpc) is 2.49. The van der Waals surface area contributed by atoms with Crippen molar-refractivity contribution < 1.29 is 14.8 Å². The molecule has 0 heterocycles. The van der Waals surface area contributed by atoms with Crippen LogP contribution >= 0.6 is 0 Å². The Hall–Kier alpha value is -2.64. The van der Waals surface area contributed by atoms with Crippen LogP contribution in [0.25, 0.3) is 0 Å². The first kappa shape index (κ1) is 14.8. The molecule has 0 aliphatic heterocycles. The van der Waals surface area contributed by atoms with E-state index >= 15 is 0 Å². The summed E-state index contributed by atoms with van der Waals surface area (Å²) in [4.78, 5) is 10.6. The molecule has 0 bridgehead atoms. The fourth-order valence-electron chi connectivity index (χ4n) is 1.89. The molecule has 0 aliphatic carbocycles. The Morgan fingerprint density at radius 3 is 2.52 bits per heavy atom. The Labute approximate surface area is 121 Å². The number of nitro benzene ring substituents is 1. The van der Waals surface area contributed by atoms with Gasteiger partial charge in [-0.15, -0.1) is 0 Å². The molecular weight excluding hydrogens is 274 g/mol. The average molecular weight is 289 g/mol. The highest BCUT2D eigenvalue weighted by Crippen LogP contribution is 2.36. The second kappa shape index (κ2) is 6.69. The number of ether oxygens (including phenoxy) is 1. The fraction of sp³-hybridized carbons (Fsp3) is 0.143. The van der Waals surface area contributed by atoms with Gasteiger partial charge in [0.25, 0.3) is 0 Å². The Morgan fingerprint density at radius 1 is 1.24 bits per heavy atom. The largest absolute Gasteiger partial charge is 0.450 e. The van der Waals surface area contributed by atoms with Gasteiger partial charge < -0.3 is 15.3 Å². The number of anilines is 1. The molecule has 0 aliphatic rings. The Balaban J connectivity index is 2.28. The van der Waals surface area contributed by atoms with E-state index in [4.69, 9.17) is 15.7 Å². The van der Waals surface area contributed by atoms with Crippen LogP contribution in [0.3, 0.4) is 0 Å². The maximum Gasteiger partial charge on any atom is 0.335 e. The highest BCUT2D eigenvalue weighted by atomic mass is 16.6. The highest BCUT2D eigenvalue weighted by Gasteiger charge is 2.20. The van der Waals surface area contributed by atoms with Crippen molar-refractivity contribution in [3.8, 4) is 11.5 Å². The summed E-state index contributed by atoms with van der Waals surface area (Å²) in [5, 5.41) is 20.0. The molecule has 0 unspecified atom stereocenters. The monoisotopic (exact) mass is 289 g/mol. The van der Waals surface area contributed by atoms with Gasteiger partial charge in [-0.3, -0.25) is 16.0 Å². The number of nitro groups is 1. The summed E-state index contributed by atoms with van der Waals surface area (Å²) in [7, 11) is 0. The van der Waals surface area contributed by atoms with E-state index < -0.39 is 4.92 Å². The molecule has 0 saturated heterocycles. The number of aliphatic hydroxyl groups is 1. The third-order valence-electron chi connectivity index (χ3n) is 2.89. The summed E-state index contributed by atoms with van der Waals surface area (Å²) in [5.74, 6) is 5.84. The molecule has 0 amide bonds. The molecule has 0 atom stereocenters. The molecule has 0 fully saturated rings. The molecule has 21 heavy (non-hydrogen) atoms. The standard InChI is InChI=1S/C14H15N3O4/c15-16-12-2-1-3-13(14(12)17(19)20)21-11-6-4-10(5-7-11)8-9-18/h1-7,16,18H,8-9,15H2. The minimum Gasteiger partial charge on any atom is -0.450 e. The van der Waals surface area contributed by atoms with Gasteiger partial charge in [0.15, 0.2) is 0 Å². The number of hydrazine groups is 1. The van der Waals surface area contributed by atoms with Crippen molar-refractivity contribution in [3.05, 3.63) is 58.1 Å². The topological polar surface area (TPSA) is 111 Å². The van der Waals surface area contributed by atoms with Gasteiger partial charge in [-0.1, -0.05) is 18.2 Å². The summed E-state index contributed by atoms with van der Waals surface area (Å²) in [6.07, 6.45) is 0.549. The maximum absolute atomic E-state index is 11.1. The molecule has 4 N–H and O–H groups in total. The molecular formula is C14H15N3O4. The van der Waals surface area contributed by atoms with Crippen LogP contribution in [-0.2, 0) is 6.42 Å². The number of nitrogens with one attached hydrogen (secondary N) is 1. The van der Waals surface area contributed by atoms with Gasteiger partial charge in [0.2, 0.25) is 5.75 Å². The zero-order chi connectivity index (χ0) is 15.2. The summed E-state index contributed by atoms with van der Waals surface area (Å²) < 4.78 is 5.55. The summed E-state index contributed by atoms with van der Waals surface area (Å²) >= 11 is 0. The molecule has 7 heteroatoms. The van der Waals surface area contributed by atoms with Gasteiger partial charge in [0, 0.05) is 6.61 Å². The Morgan fingerprint density at radius 2 is 1.95 bits per heavy atom. The molecule has 7 nitrogen and oxygen atoms in total. The van der Waals surface area contributed by atoms with Crippen molar-refractivity contribution >= 4 is 11.4 Å². The van der Waals surface area contributed by atoms with Crippen molar-refractivity contribution in [1.29, 1.82) is 0 Å². The minimum atomic E-state index is -0.551. The van der Waals surface area contributed by atoms with Crippen LogP contribution in [0.4, 0.5) is 11.4 Å². The number of hydrogen-bond donors (Lipinski definition) is 3. The number of rotatable bonds is 6. The van der Waals surface area contributed by atoms with E-state index in [1.54, 1.807) is 30.3 Å². The minimum absolute atomic E-state index is 0.0654. The van der Waals surface area contributed by atoms with Gasteiger partial charge >= 0.3 is 5.69 Å². The maximum atomic E-state index is 11.1. The van der Waals surface area contributed by atoms with Gasteiger partial charge in [-0.05, 0) is 36.2 Å². The third kappa shape index (κ3) is 3.47. The molecule has 0 radical (unpaired) electrons. The van der Waals surface area contributed by atoms with Crippen LogP contribution in [0.15, 0.2) is 42.5 Å². The molecule has 110 valence electrons. The molecule has 2 aromatic carbocycles. The molecule has 0 saturated carbocycles. The van der Waals surface area contributed by atoms with Crippen LogP contribution in [0.1, 0.15) is 5.56 Å². The van der Waals surface area contributed by atoms with Crippen molar-refractivity contribution in [2.24, 2.45) is 5.84 Å². The van der Waals surface area contributed by atoms with Gasteiger partial charge in [-0.25, -0.2) is 0 Å². The summed E-state index contributed by atoms with van der Waals surface area (Å²) in [5.41, 5.74) is 3.19. The number of nitrogens with two attached hydrogens (primary N) is 1. The lowest BCUT2D eigenvalue weighted by Crippen LogP contribution is -2.09. The first-order valence-electron chi connectivity index (χ1n) is 6.27. The molecule has 2 rings (SSSR count). The van der Waals surface area contributed by atoms with Crippen molar-refractivity contribution in [3.63, 3.8) is 0 Å². The predicted octanol–water partition coefficient (Wildman–Crippen LogP) is 2.21. The summed E-state index contributed by atoms with van der Waals surface area (Å²) in [6, 6.07) is 11.6.